The summed E-state index contributed by atoms with van der Waals surface area (Å²) in [5.74, 6) is 0. The molecule has 0 atom stereocenters. The van der Waals surface area contributed by atoms with Crippen LogP contribution in [0.1, 0.15) is 30.2 Å². The van der Waals surface area contributed by atoms with E-state index in [1.807, 2.05) is 0 Å². The predicted molar refractivity (Wildman–Crippen MR) is 73.1 cm³/mol. The van der Waals surface area contributed by atoms with Gasteiger partial charge in [-0.2, -0.15) is 13.2 Å². The fraction of sp³-hybridized carbons (Fsp3) is 0.429. The molecule has 0 amide bonds. The molecule has 0 spiro atoms. The Morgan fingerprint density at radius 3 is 2.71 bits per heavy atom. The Balaban J connectivity index is 2.25. The minimum Gasteiger partial charge on any atom is -0.311 e. The van der Waals surface area contributed by atoms with Gasteiger partial charge in [0.05, 0.1) is 23.1 Å². The monoisotopic (exact) mass is 298 g/mol. The zero-order valence-corrected chi connectivity index (χ0v) is 11.9. The van der Waals surface area contributed by atoms with Crippen molar-refractivity contribution in [2.45, 2.75) is 33.0 Å². The molecule has 0 saturated carbocycles. The summed E-state index contributed by atoms with van der Waals surface area (Å²) in [4.78, 5) is 0. The molecule has 1 heterocycles. The third-order valence-corrected chi connectivity index (χ3v) is 3.06. The Kier molecular flexibility index (Phi) is 4.62. The largest absolute Gasteiger partial charge is 0.416 e. The number of rotatable bonds is 5. The number of nitrogens with zero attached hydrogens (tertiary/aromatic N) is 3. The van der Waals surface area contributed by atoms with Gasteiger partial charge in [-0.1, -0.05) is 18.2 Å². The molecule has 1 aromatic carbocycles. The van der Waals surface area contributed by atoms with E-state index >= 15 is 0 Å². The summed E-state index contributed by atoms with van der Waals surface area (Å²) < 4.78 is 39.7. The van der Waals surface area contributed by atoms with Crippen molar-refractivity contribution < 1.29 is 13.2 Å². The second kappa shape index (κ2) is 6.26. The van der Waals surface area contributed by atoms with Crippen molar-refractivity contribution in [3.05, 3.63) is 41.2 Å². The van der Waals surface area contributed by atoms with Crippen molar-refractivity contribution in [2.75, 3.05) is 6.54 Å². The zero-order valence-electron chi connectivity index (χ0n) is 11.9. The molecule has 1 aromatic heterocycles. The van der Waals surface area contributed by atoms with Gasteiger partial charge in [0.25, 0.3) is 0 Å². The summed E-state index contributed by atoms with van der Waals surface area (Å²) in [6.45, 7) is 5.20. The van der Waals surface area contributed by atoms with Gasteiger partial charge < -0.3 is 5.32 Å². The summed E-state index contributed by atoms with van der Waals surface area (Å²) in [7, 11) is 0. The number of halogens is 3. The van der Waals surface area contributed by atoms with E-state index in [0.717, 1.165) is 25.1 Å². The van der Waals surface area contributed by atoms with E-state index in [0.29, 0.717) is 23.5 Å². The fourth-order valence-electron chi connectivity index (χ4n) is 1.92. The smallest absolute Gasteiger partial charge is 0.311 e. The summed E-state index contributed by atoms with van der Waals surface area (Å²) >= 11 is 0. The molecule has 7 heteroatoms. The van der Waals surface area contributed by atoms with Crippen LogP contribution < -0.4 is 5.32 Å². The number of nitrogens with one attached hydrogen (secondary N) is 1. The number of alkyl halides is 3. The molecule has 4 nitrogen and oxygen atoms in total. The van der Waals surface area contributed by atoms with Crippen LogP contribution in [0.3, 0.4) is 0 Å². The Morgan fingerprint density at radius 2 is 2.05 bits per heavy atom. The number of hydrogen-bond acceptors (Lipinski definition) is 3. The second-order valence-corrected chi connectivity index (χ2v) is 4.83. The molecule has 114 valence electrons. The Labute approximate surface area is 121 Å². The first kappa shape index (κ1) is 15.5. The highest BCUT2D eigenvalue weighted by atomic mass is 19.4. The van der Waals surface area contributed by atoms with Gasteiger partial charge in [-0.3, -0.25) is 0 Å². The summed E-state index contributed by atoms with van der Waals surface area (Å²) in [6.07, 6.45) is -1.72. The molecular weight excluding hydrogens is 281 g/mol. The van der Waals surface area contributed by atoms with Gasteiger partial charge in [0.2, 0.25) is 0 Å². The molecule has 0 fully saturated rings. The Morgan fingerprint density at radius 1 is 1.29 bits per heavy atom. The van der Waals surface area contributed by atoms with Crippen LogP contribution in [0.2, 0.25) is 0 Å². The molecule has 21 heavy (non-hydrogen) atoms. The highest BCUT2D eigenvalue weighted by Gasteiger charge is 2.31. The van der Waals surface area contributed by atoms with E-state index in [9.17, 15) is 13.2 Å². The van der Waals surface area contributed by atoms with Gasteiger partial charge in [-0.15, -0.1) is 5.10 Å². The maximum absolute atomic E-state index is 12.8. The van der Waals surface area contributed by atoms with Crippen molar-refractivity contribution in [3.8, 4) is 5.69 Å². The van der Waals surface area contributed by atoms with Gasteiger partial charge in [-0.05, 0) is 37.6 Å². The standard InChI is InChI=1S/C14H17F3N4/c1-3-6-18-8-12-9-21(20-19-12)13-7-11(14(15,16)17)5-4-10(13)2/h4-5,7,9,18H,3,6,8H2,1-2H3. The van der Waals surface area contributed by atoms with Crippen LogP contribution in [0.5, 0.6) is 0 Å². The van der Waals surface area contributed by atoms with Crippen LogP contribution >= 0.6 is 0 Å². The molecule has 0 radical (unpaired) electrons. The Hall–Kier alpha value is -1.89. The maximum Gasteiger partial charge on any atom is 0.416 e. The predicted octanol–water partition coefficient (Wildman–Crippen LogP) is 3.09. The van der Waals surface area contributed by atoms with Crippen molar-refractivity contribution in [1.29, 1.82) is 0 Å². The molecule has 0 aliphatic heterocycles. The van der Waals surface area contributed by atoms with Crippen LogP contribution in [-0.4, -0.2) is 21.5 Å². The van der Waals surface area contributed by atoms with Crippen molar-refractivity contribution in [3.63, 3.8) is 0 Å². The number of aryl methyl sites for hydroxylation is 1. The van der Waals surface area contributed by atoms with Crippen molar-refractivity contribution in [2.24, 2.45) is 0 Å². The first-order chi connectivity index (χ1) is 9.91. The van der Waals surface area contributed by atoms with E-state index in [1.165, 1.54) is 10.7 Å². The second-order valence-electron chi connectivity index (χ2n) is 4.83. The van der Waals surface area contributed by atoms with Gasteiger partial charge in [0.15, 0.2) is 0 Å². The molecule has 0 aliphatic rings. The van der Waals surface area contributed by atoms with Gasteiger partial charge in [-0.25, -0.2) is 4.68 Å². The third-order valence-electron chi connectivity index (χ3n) is 3.06. The highest BCUT2D eigenvalue weighted by molar-refractivity contribution is 5.43. The molecule has 2 aromatic rings. The lowest BCUT2D eigenvalue weighted by atomic mass is 10.1. The van der Waals surface area contributed by atoms with E-state index < -0.39 is 11.7 Å². The molecular formula is C14H17F3N4. The summed E-state index contributed by atoms with van der Waals surface area (Å²) in [6, 6.07) is 3.60. The van der Waals surface area contributed by atoms with Gasteiger partial charge >= 0.3 is 6.18 Å². The third kappa shape index (κ3) is 3.81. The lowest BCUT2D eigenvalue weighted by molar-refractivity contribution is -0.137. The van der Waals surface area contributed by atoms with E-state index in [4.69, 9.17) is 0 Å². The lowest BCUT2D eigenvalue weighted by Crippen LogP contribution is -2.13. The molecule has 0 saturated heterocycles. The fourth-order valence-corrected chi connectivity index (χ4v) is 1.92. The molecule has 0 aliphatic carbocycles. The average Bonchev–Trinajstić information content (AvgIpc) is 2.87. The van der Waals surface area contributed by atoms with Crippen LogP contribution in [0, 0.1) is 6.92 Å². The number of benzene rings is 1. The van der Waals surface area contributed by atoms with Crippen LogP contribution in [-0.2, 0) is 12.7 Å². The minimum atomic E-state index is -4.37. The summed E-state index contributed by atoms with van der Waals surface area (Å²) in [5, 5.41) is 11.0. The average molecular weight is 298 g/mol. The SMILES string of the molecule is CCCNCc1cn(-c2cc(C(F)(F)F)ccc2C)nn1. The first-order valence-corrected chi connectivity index (χ1v) is 6.72. The molecule has 1 N–H and O–H groups in total. The van der Waals surface area contributed by atoms with Gasteiger partial charge in [0, 0.05) is 6.54 Å². The van der Waals surface area contributed by atoms with Crippen LogP contribution in [0.4, 0.5) is 13.2 Å². The van der Waals surface area contributed by atoms with E-state index in [-0.39, 0.29) is 0 Å². The summed E-state index contributed by atoms with van der Waals surface area (Å²) in [5.41, 5.74) is 1.10. The molecule has 0 unspecified atom stereocenters. The number of hydrogen-bond donors (Lipinski definition) is 1. The maximum atomic E-state index is 12.8. The normalized spacial score (nSPS) is 11.9. The topological polar surface area (TPSA) is 42.7 Å². The van der Waals surface area contributed by atoms with Crippen LogP contribution in [0.15, 0.2) is 24.4 Å². The van der Waals surface area contributed by atoms with Crippen molar-refractivity contribution >= 4 is 0 Å². The molecule has 0 bridgehead atoms. The van der Waals surface area contributed by atoms with E-state index in [1.54, 1.807) is 13.1 Å². The van der Waals surface area contributed by atoms with E-state index in [2.05, 4.69) is 22.6 Å². The first-order valence-electron chi connectivity index (χ1n) is 6.72. The number of aromatic nitrogens is 3. The van der Waals surface area contributed by atoms with Crippen LogP contribution in [0.25, 0.3) is 5.69 Å². The minimum absolute atomic E-state index is 0.388. The Bertz CT molecular complexity index is 605. The zero-order chi connectivity index (χ0) is 15.5. The van der Waals surface area contributed by atoms with Crippen molar-refractivity contribution in [1.82, 2.24) is 20.3 Å². The molecule has 2 rings (SSSR count). The highest BCUT2D eigenvalue weighted by Crippen LogP contribution is 2.31. The quantitative estimate of drug-likeness (QED) is 0.863. The van der Waals surface area contributed by atoms with Gasteiger partial charge in [0.1, 0.15) is 0 Å². The lowest BCUT2D eigenvalue weighted by Gasteiger charge is -2.10.